The van der Waals surface area contributed by atoms with Gasteiger partial charge in [-0.15, -0.1) is 0 Å². The Kier molecular flexibility index (Phi) is 2.35. The molecule has 0 aliphatic rings. The second-order valence-corrected chi connectivity index (χ2v) is 4.16. The predicted molar refractivity (Wildman–Crippen MR) is 63.3 cm³/mol. The van der Waals surface area contributed by atoms with Crippen LogP contribution in [0.25, 0.3) is 10.9 Å². The van der Waals surface area contributed by atoms with E-state index in [2.05, 4.69) is 18.4 Å². The average molecular weight is 201 g/mol. The molecule has 2 rings (SSSR count). The summed E-state index contributed by atoms with van der Waals surface area (Å²) >= 11 is 0. The fourth-order valence-electron chi connectivity index (χ4n) is 1.87. The Morgan fingerprint density at radius 1 is 1.20 bits per heavy atom. The van der Waals surface area contributed by atoms with Crippen molar-refractivity contribution >= 4 is 10.9 Å². The number of benzene rings is 1. The predicted octanol–water partition coefficient (Wildman–Crippen LogP) is 2.89. The van der Waals surface area contributed by atoms with E-state index in [0.717, 1.165) is 16.5 Å². The largest absolute Gasteiger partial charge is 0.344 e. The Hall–Kier alpha value is -1.57. The molecule has 0 radical (unpaired) electrons. The molecule has 0 aliphatic heterocycles. The van der Waals surface area contributed by atoms with Crippen molar-refractivity contribution < 1.29 is 0 Å². The number of nitrogens with zero attached hydrogens (tertiary/aromatic N) is 1. The second-order valence-electron chi connectivity index (χ2n) is 4.16. The van der Waals surface area contributed by atoms with Crippen LogP contribution in [0.3, 0.4) is 0 Å². The minimum Gasteiger partial charge on any atom is -0.344 e. The van der Waals surface area contributed by atoms with Crippen LogP contribution in [-0.4, -0.2) is 4.57 Å². The number of para-hydroxylation sites is 1. The van der Waals surface area contributed by atoms with Crippen molar-refractivity contribution in [3.8, 4) is 0 Å². The molecule has 0 bridgehead atoms. The molecule has 78 valence electrons. The van der Waals surface area contributed by atoms with Crippen LogP contribution >= 0.6 is 0 Å². The van der Waals surface area contributed by atoms with Gasteiger partial charge in [-0.2, -0.15) is 0 Å². The van der Waals surface area contributed by atoms with Crippen molar-refractivity contribution in [1.82, 2.24) is 4.57 Å². The molecular weight excluding hydrogens is 186 g/mol. The number of rotatable bonds is 1. The van der Waals surface area contributed by atoms with Gasteiger partial charge in [0.1, 0.15) is 0 Å². The lowest BCUT2D eigenvalue weighted by atomic mass is 10.1. The van der Waals surface area contributed by atoms with Gasteiger partial charge in [0.05, 0.1) is 5.52 Å². The van der Waals surface area contributed by atoms with Crippen LogP contribution < -0.4 is 5.43 Å². The zero-order chi connectivity index (χ0) is 11.0. The number of pyridine rings is 1. The van der Waals surface area contributed by atoms with E-state index in [9.17, 15) is 4.79 Å². The third-order valence-corrected chi connectivity index (χ3v) is 2.67. The molecule has 0 unspecified atom stereocenters. The molecule has 1 aromatic carbocycles. The van der Waals surface area contributed by atoms with Crippen molar-refractivity contribution in [3.05, 3.63) is 46.2 Å². The van der Waals surface area contributed by atoms with Gasteiger partial charge in [0.15, 0.2) is 5.43 Å². The number of aromatic nitrogens is 1. The lowest BCUT2D eigenvalue weighted by Crippen LogP contribution is -2.13. The van der Waals surface area contributed by atoms with Crippen molar-refractivity contribution in [1.29, 1.82) is 0 Å². The standard InChI is InChI=1S/C13H15NO/c1-9(2)14-8-10(3)13(15)11-6-4-5-7-12(11)14/h4-9H,1-3H3. The third-order valence-electron chi connectivity index (χ3n) is 2.67. The SMILES string of the molecule is Cc1cn(C(C)C)c2ccccc2c1=O. The minimum absolute atomic E-state index is 0.141. The Bertz CT molecular complexity index is 552. The maximum absolute atomic E-state index is 11.9. The zero-order valence-corrected chi connectivity index (χ0v) is 9.32. The van der Waals surface area contributed by atoms with Crippen LogP contribution in [0, 0.1) is 6.92 Å². The van der Waals surface area contributed by atoms with Gasteiger partial charge < -0.3 is 4.57 Å². The van der Waals surface area contributed by atoms with Gasteiger partial charge in [-0.3, -0.25) is 4.79 Å². The Labute approximate surface area is 89.2 Å². The van der Waals surface area contributed by atoms with Gasteiger partial charge in [-0.1, -0.05) is 12.1 Å². The van der Waals surface area contributed by atoms with Crippen molar-refractivity contribution in [2.75, 3.05) is 0 Å². The summed E-state index contributed by atoms with van der Waals surface area (Å²) in [7, 11) is 0. The highest BCUT2D eigenvalue weighted by molar-refractivity contribution is 5.79. The molecule has 2 nitrogen and oxygen atoms in total. The first-order valence-corrected chi connectivity index (χ1v) is 5.21. The van der Waals surface area contributed by atoms with Gasteiger partial charge >= 0.3 is 0 Å². The Balaban J connectivity index is 2.95. The normalized spacial score (nSPS) is 11.2. The van der Waals surface area contributed by atoms with E-state index in [-0.39, 0.29) is 5.43 Å². The zero-order valence-electron chi connectivity index (χ0n) is 9.32. The van der Waals surface area contributed by atoms with Gasteiger partial charge in [0, 0.05) is 23.2 Å². The highest BCUT2D eigenvalue weighted by Crippen LogP contribution is 2.15. The van der Waals surface area contributed by atoms with Crippen molar-refractivity contribution in [2.24, 2.45) is 0 Å². The molecule has 0 N–H and O–H groups in total. The van der Waals surface area contributed by atoms with Crippen molar-refractivity contribution in [3.63, 3.8) is 0 Å². The molecule has 1 aromatic heterocycles. The number of hydrogen-bond acceptors (Lipinski definition) is 1. The lowest BCUT2D eigenvalue weighted by molar-refractivity contribution is 0.615. The fraction of sp³-hybridized carbons (Fsp3) is 0.308. The summed E-state index contributed by atoms with van der Waals surface area (Å²) in [6.07, 6.45) is 1.94. The molecule has 0 spiro atoms. The van der Waals surface area contributed by atoms with E-state index in [1.54, 1.807) is 0 Å². The third kappa shape index (κ3) is 1.56. The van der Waals surface area contributed by atoms with Crippen LogP contribution in [0.2, 0.25) is 0 Å². The summed E-state index contributed by atoms with van der Waals surface area (Å²) < 4.78 is 2.14. The molecule has 0 aliphatic carbocycles. The fourth-order valence-corrected chi connectivity index (χ4v) is 1.87. The van der Waals surface area contributed by atoms with Crippen LogP contribution in [0.5, 0.6) is 0 Å². The first-order valence-electron chi connectivity index (χ1n) is 5.21. The van der Waals surface area contributed by atoms with Crippen LogP contribution in [0.4, 0.5) is 0 Å². The minimum atomic E-state index is 0.141. The molecule has 15 heavy (non-hydrogen) atoms. The van der Waals surface area contributed by atoms with Crippen molar-refractivity contribution in [2.45, 2.75) is 26.8 Å². The summed E-state index contributed by atoms with van der Waals surface area (Å²) in [5, 5.41) is 0.811. The molecule has 2 heteroatoms. The smallest absolute Gasteiger partial charge is 0.192 e. The van der Waals surface area contributed by atoms with Gasteiger partial charge in [-0.05, 0) is 32.9 Å². The van der Waals surface area contributed by atoms with Gasteiger partial charge in [0.2, 0.25) is 0 Å². The maximum atomic E-state index is 11.9. The maximum Gasteiger partial charge on any atom is 0.192 e. The number of hydrogen-bond donors (Lipinski definition) is 0. The summed E-state index contributed by atoms with van der Waals surface area (Å²) in [5.74, 6) is 0. The highest BCUT2D eigenvalue weighted by Gasteiger charge is 2.06. The molecule has 0 fully saturated rings. The first-order chi connectivity index (χ1) is 7.11. The summed E-state index contributed by atoms with van der Waals surface area (Å²) in [4.78, 5) is 11.9. The van der Waals surface area contributed by atoms with Gasteiger partial charge in [0.25, 0.3) is 0 Å². The second kappa shape index (κ2) is 3.54. The molecule has 0 amide bonds. The first kappa shape index (κ1) is 9.97. The van der Waals surface area contributed by atoms with Crippen LogP contribution in [0.15, 0.2) is 35.3 Å². The lowest BCUT2D eigenvalue weighted by Gasteiger charge is -2.15. The highest BCUT2D eigenvalue weighted by atomic mass is 16.1. The quantitative estimate of drug-likeness (QED) is 0.695. The molecule has 0 saturated heterocycles. The topological polar surface area (TPSA) is 22.0 Å². The van der Waals surface area contributed by atoms with E-state index in [4.69, 9.17) is 0 Å². The van der Waals surface area contributed by atoms with Crippen LogP contribution in [0.1, 0.15) is 25.5 Å². The summed E-state index contributed by atoms with van der Waals surface area (Å²) in [6, 6.07) is 8.14. The molecule has 0 atom stereocenters. The molecule has 0 saturated carbocycles. The summed E-state index contributed by atoms with van der Waals surface area (Å²) in [6.45, 7) is 6.11. The summed E-state index contributed by atoms with van der Waals surface area (Å²) in [5.41, 5.74) is 1.97. The van der Waals surface area contributed by atoms with Gasteiger partial charge in [-0.25, -0.2) is 0 Å². The molecule has 1 heterocycles. The average Bonchev–Trinajstić information content (AvgIpc) is 2.23. The number of fused-ring (bicyclic) bond motifs is 1. The van der Waals surface area contributed by atoms with E-state index in [1.807, 2.05) is 37.4 Å². The van der Waals surface area contributed by atoms with E-state index in [0.29, 0.717) is 6.04 Å². The molecular formula is C13H15NO. The van der Waals surface area contributed by atoms with E-state index in [1.165, 1.54) is 0 Å². The monoisotopic (exact) mass is 201 g/mol. The van der Waals surface area contributed by atoms with E-state index >= 15 is 0 Å². The number of aryl methyl sites for hydroxylation is 1. The Morgan fingerprint density at radius 2 is 1.87 bits per heavy atom. The van der Waals surface area contributed by atoms with Crippen LogP contribution in [-0.2, 0) is 0 Å². The Morgan fingerprint density at radius 3 is 2.53 bits per heavy atom. The van der Waals surface area contributed by atoms with E-state index < -0.39 is 0 Å². The molecule has 2 aromatic rings.